The van der Waals surface area contributed by atoms with Crippen LogP contribution in [-0.4, -0.2) is 29.8 Å². The van der Waals surface area contributed by atoms with Crippen LogP contribution in [0.1, 0.15) is 30.0 Å². The Kier molecular flexibility index (Phi) is 5.68. The summed E-state index contributed by atoms with van der Waals surface area (Å²) in [7, 11) is 0. The van der Waals surface area contributed by atoms with Gasteiger partial charge >= 0.3 is 0 Å². The van der Waals surface area contributed by atoms with E-state index in [4.69, 9.17) is 4.42 Å². The molecule has 0 saturated heterocycles. The van der Waals surface area contributed by atoms with Gasteiger partial charge in [-0.05, 0) is 50.2 Å². The summed E-state index contributed by atoms with van der Waals surface area (Å²) >= 11 is 0. The fourth-order valence-corrected chi connectivity index (χ4v) is 3.66. The van der Waals surface area contributed by atoms with Crippen LogP contribution in [-0.2, 0) is 16.1 Å². The molecular formula is C24H24N4O4. The number of para-hydroxylation sites is 3. The smallest absolute Gasteiger partial charge is 0.253 e. The predicted octanol–water partition coefficient (Wildman–Crippen LogP) is 3.39. The molecule has 0 aliphatic carbocycles. The number of carbonyl (C=O) groups is 3. The summed E-state index contributed by atoms with van der Waals surface area (Å²) in [4.78, 5) is 40.0. The number of nitrogens with zero attached hydrogens (tertiary/aromatic N) is 1. The van der Waals surface area contributed by atoms with Gasteiger partial charge in [-0.3, -0.25) is 19.3 Å². The molecule has 4 rings (SSSR count). The lowest BCUT2D eigenvalue weighted by atomic mass is 9.96. The number of hydrogen-bond donors (Lipinski definition) is 3. The van der Waals surface area contributed by atoms with Crippen LogP contribution in [0.4, 0.5) is 17.1 Å². The van der Waals surface area contributed by atoms with Gasteiger partial charge in [-0.1, -0.05) is 24.3 Å². The first-order chi connectivity index (χ1) is 15.4. The average Bonchev–Trinajstić information content (AvgIpc) is 3.30. The molecule has 32 heavy (non-hydrogen) atoms. The van der Waals surface area contributed by atoms with E-state index in [9.17, 15) is 14.4 Å². The van der Waals surface area contributed by atoms with E-state index in [1.54, 1.807) is 74.7 Å². The zero-order valence-corrected chi connectivity index (χ0v) is 17.8. The van der Waals surface area contributed by atoms with Gasteiger partial charge in [0.05, 0.1) is 36.3 Å². The van der Waals surface area contributed by atoms with Crippen LogP contribution < -0.4 is 20.9 Å². The summed E-state index contributed by atoms with van der Waals surface area (Å²) < 4.78 is 5.24. The maximum Gasteiger partial charge on any atom is 0.253 e. The number of carbonyl (C=O) groups excluding carboxylic acids is 3. The van der Waals surface area contributed by atoms with Gasteiger partial charge in [-0.15, -0.1) is 0 Å². The van der Waals surface area contributed by atoms with Crippen molar-refractivity contribution in [3.63, 3.8) is 0 Å². The first-order valence-electron chi connectivity index (χ1n) is 10.2. The molecule has 3 aromatic rings. The highest BCUT2D eigenvalue weighted by Gasteiger charge is 2.43. The van der Waals surface area contributed by atoms with E-state index in [0.717, 1.165) is 0 Å². The molecule has 8 heteroatoms. The number of nitrogens with one attached hydrogen (secondary N) is 3. The fraction of sp³-hybridized carbons (Fsp3) is 0.208. The standard InChI is InChI=1S/C24H24N4O4/c1-24(2)23(31)27-19-11-5-6-12-20(19)28(24)21(29)15-25-18-10-4-3-9-17(18)22(30)26-14-16-8-7-13-32-16/h3-13,25H,14-15H2,1-2H3,(H,26,30)(H,27,31). The maximum atomic E-state index is 13.2. The highest BCUT2D eigenvalue weighted by Crippen LogP contribution is 2.36. The van der Waals surface area contributed by atoms with Crippen molar-refractivity contribution < 1.29 is 18.8 Å². The number of fused-ring (bicyclic) bond motifs is 1. The fourth-order valence-electron chi connectivity index (χ4n) is 3.66. The number of anilines is 3. The van der Waals surface area contributed by atoms with Crippen molar-refractivity contribution in [1.29, 1.82) is 0 Å². The Labute approximate surface area is 185 Å². The normalized spacial score (nSPS) is 14.3. The molecule has 2 heterocycles. The van der Waals surface area contributed by atoms with Crippen LogP contribution in [0.2, 0.25) is 0 Å². The Bertz CT molecular complexity index is 1150. The zero-order chi connectivity index (χ0) is 22.7. The third-order valence-corrected chi connectivity index (χ3v) is 5.36. The molecule has 1 aliphatic rings. The van der Waals surface area contributed by atoms with E-state index < -0.39 is 5.54 Å². The summed E-state index contributed by atoms with van der Waals surface area (Å²) in [5, 5.41) is 8.71. The SMILES string of the molecule is CC1(C)C(=O)Nc2ccccc2N1C(=O)CNc1ccccc1C(=O)NCc1ccco1. The average molecular weight is 432 g/mol. The summed E-state index contributed by atoms with van der Waals surface area (Å²) in [6.07, 6.45) is 1.54. The van der Waals surface area contributed by atoms with Crippen molar-refractivity contribution in [1.82, 2.24) is 5.32 Å². The highest BCUT2D eigenvalue weighted by atomic mass is 16.3. The van der Waals surface area contributed by atoms with Gasteiger partial charge in [0.15, 0.2) is 0 Å². The molecule has 1 aromatic heterocycles. The lowest BCUT2D eigenvalue weighted by molar-refractivity contribution is -0.125. The molecule has 0 radical (unpaired) electrons. The van der Waals surface area contributed by atoms with Gasteiger partial charge < -0.3 is 20.4 Å². The second-order valence-corrected chi connectivity index (χ2v) is 7.92. The molecule has 0 bridgehead atoms. The van der Waals surface area contributed by atoms with E-state index in [1.807, 2.05) is 6.07 Å². The molecule has 2 aromatic carbocycles. The second-order valence-electron chi connectivity index (χ2n) is 7.92. The van der Waals surface area contributed by atoms with E-state index in [2.05, 4.69) is 16.0 Å². The molecule has 164 valence electrons. The first-order valence-corrected chi connectivity index (χ1v) is 10.2. The Morgan fingerprint density at radius 2 is 1.78 bits per heavy atom. The van der Waals surface area contributed by atoms with Gasteiger partial charge in [-0.2, -0.15) is 0 Å². The van der Waals surface area contributed by atoms with E-state index in [0.29, 0.717) is 28.4 Å². The Hall–Kier alpha value is -4.07. The minimum atomic E-state index is -1.06. The Morgan fingerprint density at radius 1 is 1.03 bits per heavy atom. The van der Waals surface area contributed by atoms with Crippen LogP contribution in [0.3, 0.4) is 0 Å². The van der Waals surface area contributed by atoms with Gasteiger partial charge in [0.25, 0.3) is 5.91 Å². The minimum Gasteiger partial charge on any atom is -0.467 e. The van der Waals surface area contributed by atoms with E-state index >= 15 is 0 Å². The van der Waals surface area contributed by atoms with Crippen molar-refractivity contribution >= 4 is 34.8 Å². The number of furan rings is 1. The predicted molar refractivity (Wildman–Crippen MR) is 121 cm³/mol. The van der Waals surface area contributed by atoms with Gasteiger partial charge in [0.2, 0.25) is 11.8 Å². The number of rotatable bonds is 6. The van der Waals surface area contributed by atoms with Crippen molar-refractivity contribution in [2.75, 3.05) is 22.1 Å². The third kappa shape index (κ3) is 4.07. The van der Waals surface area contributed by atoms with Gasteiger partial charge in [-0.25, -0.2) is 0 Å². The van der Waals surface area contributed by atoms with Crippen molar-refractivity contribution in [2.24, 2.45) is 0 Å². The Morgan fingerprint density at radius 3 is 2.56 bits per heavy atom. The molecular weight excluding hydrogens is 408 g/mol. The van der Waals surface area contributed by atoms with Gasteiger partial charge in [0.1, 0.15) is 11.3 Å². The van der Waals surface area contributed by atoms with Crippen LogP contribution in [0.5, 0.6) is 0 Å². The summed E-state index contributed by atoms with van der Waals surface area (Å²) in [6.45, 7) is 3.57. The number of hydrogen-bond acceptors (Lipinski definition) is 5. The molecule has 0 saturated carbocycles. The topological polar surface area (TPSA) is 104 Å². The minimum absolute atomic E-state index is 0.0898. The second kappa shape index (κ2) is 8.58. The molecule has 0 fully saturated rings. The molecule has 0 unspecified atom stereocenters. The van der Waals surface area contributed by atoms with Crippen LogP contribution in [0.15, 0.2) is 71.3 Å². The van der Waals surface area contributed by atoms with Crippen LogP contribution in [0, 0.1) is 0 Å². The van der Waals surface area contributed by atoms with E-state index in [1.165, 1.54) is 4.90 Å². The molecule has 0 spiro atoms. The van der Waals surface area contributed by atoms with Crippen molar-refractivity contribution in [3.8, 4) is 0 Å². The maximum absolute atomic E-state index is 13.2. The molecule has 8 nitrogen and oxygen atoms in total. The van der Waals surface area contributed by atoms with Crippen LogP contribution >= 0.6 is 0 Å². The van der Waals surface area contributed by atoms with Crippen molar-refractivity contribution in [2.45, 2.75) is 25.9 Å². The summed E-state index contributed by atoms with van der Waals surface area (Å²) in [5.41, 5.74) is 1.08. The van der Waals surface area contributed by atoms with E-state index in [-0.39, 0.29) is 30.8 Å². The zero-order valence-electron chi connectivity index (χ0n) is 17.8. The lowest BCUT2D eigenvalue weighted by Gasteiger charge is -2.42. The summed E-state index contributed by atoms with van der Waals surface area (Å²) in [6, 6.07) is 17.6. The molecule has 0 atom stereocenters. The largest absolute Gasteiger partial charge is 0.467 e. The quantitative estimate of drug-likeness (QED) is 0.554. The monoisotopic (exact) mass is 432 g/mol. The molecule has 3 amide bonds. The van der Waals surface area contributed by atoms with Crippen molar-refractivity contribution in [3.05, 3.63) is 78.3 Å². The van der Waals surface area contributed by atoms with Crippen LogP contribution in [0.25, 0.3) is 0 Å². The van der Waals surface area contributed by atoms with Gasteiger partial charge in [0, 0.05) is 5.69 Å². The number of benzene rings is 2. The summed E-state index contributed by atoms with van der Waals surface area (Å²) in [5.74, 6) is -0.200. The molecule has 3 N–H and O–H groups in total. The molecule has 1 aliphatic heterocycles. The number of amides is 3. The highest BCUT2D eigenvalue weighted by molar-refractivity contribution is 6.15. The Balaban J connectivity index is 1.50. The third-order valence-electron chi connectivity index (χ3n) is 5.36. The lowest BCUT2D eigenvalue weighted by Crippen LogP contribution is -2.59. The first kappa shape index (κ1) is 21.2.